The molecule has 160 valence electrons. The number of carbonyl (C=O) groups excluding carboxylic acids is 1. The molecule has 0 bridgehead atoms. The maximum Gasteiger partial charge on any atom is 0.262 e. The average molecular weight is 441 g/mol. The van der Waals surface area contributed by atoms with Crippen molar-refractivity contribution in [2.75, 3.05) is 13.7 Å². The van der Waals surface area contributed by atoms with Gasteiger partial charge in [-0.2, -0.15) is 0 Å². The molecule has 7 nitrogen and oxygen atoms in total. The van der Waals surface area contributed by atoms with Crippen LogP contribution in [0.2, 0.25) is 0 Å². The van der Waals surface area contributed by atoms with Crippen LogP contribution in [-0.2, 0) is 11.3 Å². The highest BCUT2D eigenvalue weighted by Gasteiger charge is 2.22. The zero-order valence-electron chi connectivity index (χ0n) is 17.1. The number of nitrogens with zero attached hydrogens (tertiary/aromatic N) is 4. The quantitative estimate of drug-likeness (QED) is 0.237. The molecule has 0 spiro atoms. The molecule has 2 aromatic heterocycles. The smallest absolute Gasteiger partial charge is 0.262 e. The Morgan fingerprint density at radius 1 is 1.16 bits per heavy atom. The molecule has 0 N–H and O–H groups in total. The molecule has 0 saturated carbocycles. The van der Waals surface area contributed by atoms with Crippen LogP contribution in [0.3, 0.4) is 0 Å². The maximum absolute atomic E-state index is 13.2. The van der Waals surface area contributed by atoms with Gasteiger partial charge in [-0.05, 0) is 49.7 Å². The third kappa shape index (κ3) is 4.11. The van der Waals surface area contributed by atoms with Crippen LogP contribution < -0.4 is 5.56 Å². The number of methoxy groups -OCH3 is 1. The van der Waals surface area contributed by atoms with Crippen molar-refractivity contribution in [3.8, 4) is 0 Å². The summed E-state index contributed by atoms with van der Waals surface area (Å²) in [7, 11) is 1.62. The van der Waals surface area contributed by atoms with Gasteiger partial charge in [-0.1, -0.05) is 23.9 Å². The van der Waals surface area contributed by atoms with Gasteiger partial charge < -0.3 is 4.74 Å². The molecule has 2 aromatic carbocycles. The standard InChI is InChI=1S/C22H21FN4O3S/c1-14(19(28)15-8-10-16(23)11-9-15)31-22-25-24-21-26(12-5-13-30-2)20(29)17-6-3-4-7-18(17)27(21)22/h3-4,6-11,14H,5,12-13H2,1-2H3. The molecule has 0 fully saturated rings. The highest BCUT2D eigenvalue weighted by Crippen LogP contribution is 2.27. The van der Waals surface area contributed by atoms with E-state index in [9.17, 15) is 14.0 Å². The Balaban J connectivity index is 1.76. The predicted octanol–water partition coefficient (Wildman–Crippen LogP) is 3.58. The Labute approximate surface area is 181 Å². The van der Waals surface area contributed by atoms with Crippen LogP contribution in [0.25, 0.3) is 16.7 Å². The fourth-order valence-electron chi connectivity index (χ4n) is 3.44. The Morgan fingerprint density at radius 3 is 2.65 bits per heavy atom. The number of benzene rings is 2. The molecule has 0 saturated heterocycles. The van der Waals surface area contributed by atoms with E-state index in [2.05, 4.69) is 10.2 Å². The fourth-order valence-corrected chi connectivity index (χ4v) is 4.37. The number of fused-ring (bicyclic) bond motifs is 3. The van der Waals surface area contributed by atoms with Crippen LogP contribution in [0.5, 0.6) is 0 Å². The Bertz CT molecular complexity index is 1300. The summed E-state index contributed by atoms with van der Waals surface area (Å²) in [5.74, 6) is -0.110. The highest BCUT2D eigenvalue weighted by atomic mass is 32.2. The van der Waals surface area contributed by atoms with Crippen LogP contribution >= 0.6 is 11.8 Å². The van der Waals surface area contributed by atoms with Crippen molar-refractivity contribution in [2.24, 2.45) is 0 Å². The van der Waals surface area contributed by atoms with Crippen molar-refractivity contribution in [1.29, 1.82) is 0 Å². The average Bonchev–Trinajstić information content (AvgIpc) is 3.19. The van der Waals surface area contributed by atoms with E-state index in [1.165, 1.54) is 36.0 Å². The minimum absolute atomic E-state index is 0.139. The summed E-state index contributed by atoms with van der Waals surface area (Å²) in [6.45, 7) is 2.73. The van der Waals surface area contributed by atoms with Gasteiger partial charge in [0.1, 0.15) is 5.82 Å². The van der Waals surface area contributed by atoms with Gasteiger partial charge in [0.25, 0.3) is 5.56 Å². The van der Waals surface area contributed by atoms with E-state index >= 15 is 0 Å². The van der Waals surface area contributed by atoms with Crippen LogP contribution in [0.4, 0.5) is 4.39 Å². The van der Waals surface area contributed by atoms with Gasteiger partial charge >= 0.3 is 0 Å². The van der Waals surface area contributed by atoms with Crippen molar-refractivity contribution in [3.05, 3.63) is 70.3 Å². The molecule has 0 amide bonds. The normalized spacial score (nSPS) is 12.5. The van der Waals surface area contributed by atoms with Gasteiger partial charge in [0.15, 0.2) is 10.9 Å². The lowest BCUT2D eigenvalue weighted by Gasteiger charge is -2.12. The second-order valence-corrected chi connectivity index (χ2v) is 8.38. The van der Waals surface area contributed by atoms with Gasteiger partial charge in [-0.3, -0.25) is 18.6 Å². The predicted molar refractivity (Wildman–Crippen MR) is 117 cm³/mol. The lowest BCUT2D eigenvalue weighted by molar-refractivity contribution is 0.0994. The second-order valence-electron chi connectivity index (χ2n) is 7.07. The number of halogens is 1. The van der Waals surface area contributed by atoms with E-state index in [0.717, 1.165) is 0 Å². The van der Waals surface area contributed by atoms with Gasteiger partial charge in [0.2, 0.25) is 5.78 Å². The molecule has 0 aliphatic carbocycles. The minimum Gasteiger partial charge on any atom is -0.385 e. The Kier molecular flexibility index (Phi) is 6.15. The number of para-hydroxylation sites is 1. The van der Waals surface area contributed by atoms with Crippen LogP contribution in [0.1, 0.15) is 23.7 Å². The number of carbonyl (C=O) groups is 1. The van der Waals surface area contributed by atoms with E-state index in [1.54, 1.807) is 24.7 Å². The van der Waals surface area contributed by atoms with Gasteiger partial charge in [0, 0.05) is 25.8 Å². The van der Waals surface area contributed by atoms with Gasteiger partial charge in [-0.25, -0.2) is 4.39 Å². The first-order chi connectivity index (χ1) is 15.0. The molecule has 1 unspecified atom stereocenters. The van der Waals surface area contributed by atoms with Crippen molar-refractivity contribution in [2.45, 2.75) is 30.3 Å². The highest BCUT2D eigenvalue weighted by molar-refractivity contribution is 8.00. The van der Waals surface area contributed by atoms with E-state index in [4.69, 9.17) is 4.74 Å². The van der Waals surface area contributed by atoms with Crippen LogP contribution in [0.15, 0.2) is 58.5 Å². The lowest BCUT2D eigenvalue weighted by Crippen LogP contribution is -2.24. The number of Topliss-reactive ketones (excluding diaryl/α,β-unsaturated/α-hetero) is 1. The molecular formula is C22H21FN4O3S. The topological polar surface area (TPSA) is 78.5 Å². The summed E-state index contributed by atoms with van der Waals surface area (Å²) in [4.78, 5) is 25.8. The lowest BCUT2D eigenvalue weighted by atomic mass is 10.1. The monoisotopic (exact) mass is 440 g/mol. The van der Waals surface area contributed by atoms with Crippen molar-refractivity contribution in [3.63, 3.8) is 0 Å². The molecule has 31 heavy (non-hydrogen) atoms. The largest absolute Gasteiger partial charge is 0.385 e. The molecule has 4 aromatic rings. The summed E-state index contributed by atoms with van der Waals surface area (Å²) >= 11 is 1.25. The first kappa shape index (κ1) is 21.2. The molecule has 0 aliphatic heterocycles. The van der Waals surface area contributed by atoms with Gasteiger partial charge in [0.05, 0.1) is 16.2 Å². The summed E-state index contributed by atoms with van der Waals surface area (Å²) in [6.07, 6.45) is 0.652. The number of rotatable bonds is 8. The number of hydrogen-bond acceptors (Lipinski definition) is 6. The molecule has 0 aliphatic rings. The number of thioether (sulfide) groups is 1. The van der Waals surface area contributed by atoms with E-state index in [1.807, 2.05) is 22.6 Å². The van der Waals surface area contributed by atoms with Crippen molar-refractivity contribution < 1.29 is 13.9 Å². The summed E-state index contributed by atoms with van der Waals surface area (Å²) < 4.78 is 21.7. The molecular weight excluding hydrogens is 419 g/mol. The molecule has 1 atom stereocenters. The summed E-state index contributed by atoms with van der Waals surface area (Å²) in [5.41, 5.74) is 0.967. The van der Waals surface area contributed by atoms with E-state index in [-0.39, 0.29) is 11.3 Å². The first-order valence-corrected chi connectivity index (χ1v) is 10.7. The Morgan fingerprint density at radius 2 is 1.90 bits per heavy atom. The first-order valence-electron chi connectivity index (χ1n) is 9.83. The van der Waals surface area contributed by atoms with E-state index < -0.39 is 11.1 Å². The SMILES string of the molecule is COCCCn1c(=O)c2ccccc2n2c(SC(C)C(=O)c3ccc(F)cc3)nnc12. The molecule has 4 rings (SSSR count). The molecule has 0 radical (unpaired) electrons. The Hall–Kier alpha value is -3.04. The molecule has 2 heterocycles. The zero-order valence-corrected chi connectivity index (χ0v) is 17.9. The second kappa shape index (κ2) is 8.99. The minimum atomic E-state index is -0.481. The van der Waals surface area contributed by atoms with Crippen LogP contribution in [-0.4, -0.2) is 43.9 Å². The third-order valence-electron chi connectivity index (χ3n) is 4.99. The molecule has 9 heteroatoms. The van der Waals surface area contributed by atoms with Crippen molar-refractivity contribution >= 4 is 34.2 Å². The van der Waals surface area contributed by atoms with E-state index in [0.29, 0.717) is 47.0 Å². The number of aromatic nitrogens is 4. The van der Waals surface area contributed by atoms with Crippen molar-refractivity contribution in [1.82, 2.24) is 19.2 Å². The third-order valence-corrected chi connectivity index (χ3v) is 6.03. The zero-order chi connectivity index (χ0) is 22.0. The fraction of sp³-hybridized carbons (Fsp3) is 0.273. The van der Waals surface area contributed by atoms with Gasteiger partial charge in [-0.15, -0.1) is 10.2 Å². The van der Waals surface area contributed by atoms with Crippen LogP contribution in [0, 0.1) is 5.82 Å². The maximum atomic E-state index is 13.2. The number of aryl methyl sites for hydroxylation is 1. The summed E-state index contributed by atoms with van der Waals surface area (Å²) in [6, 6.07) is 12.7. The number of ketones is 1. The number of hydrogen-bond donors (Lipinski definition) is 0. The summed E-state index contributed by atoms with van der Waals surface area (Å²) in [5, 5.41) is 9.11. The number of ether oxygens (including phenoxy) is 1.